The zero-order valence-corrected chi connectivity index (χ0v) is 13.2. The van der Waals surface area contributed by atoms with Gasteiger partial charge in [-0.2, -0.15) is 0 Å². The van der Waals surface area contributed by atoms with Crippen LogP contribution >= 0.6 is 11.3 Å². The van der Waals surface area contributed by atoms with Crippen LogP contribution in [0.15, 0.2) is 5.38 Å². The number of morpholine rings is 1. The van der Waals surface area contributed by atoms with Crippen LogP contribution in [-0.2, 0) is 9.53 Å². The van der Waals surface area contributed by atoms with Gasteiger partial charge in [-0.15, -0.1) is 11.3 Å². The Morgan fingerprint density at radius 2 is 2.14 bits per heavy atom. The third-order valence-corrected chi connectivity index (χ3v) is 5.05. The highest BCUT2D eigenvalue weighted by molar-refractivity contribution is 7.13. The van der Waals surface area contributed by atoms with E-state index in [9.17, 15) is 13.6 Å². The van der Waals surface area contributed by atoms with Gasteiger partial charge in [-0.25, -0.2) is 13.8 Å². The molecule has 3 rings (SSSR count). The molecule has 0 aliphatic carbocycles. The first-order valence-corrected chi connectivity index (χ1v) is 8.28. The number of ether oxygens (including phenoxy) is 1. The molecule has 1 atom stereocenters. The number of thiazole rings is 1. The molecular formula is C14H19F2N3O2S. The van der Waals surface area contributed by atoms with E-state index >= 15 is 0 Å². The third-order valence-electron chi connectivity index (χ3n) is 4.03. The summed E-state index contributed by atoms with van der Waals surface area (Å²) in [6.07, 6.45) is -1.12. The molecule has 0 saturated carbocycles. The van der Waals surface area contributed by atoms with Crippen LogP contribution in [0.2, 0.25) is 0 Å². The molecule has 1 aromatic rings. The molecule has 3 heterocycles. The molecule has 122 valence electrons. The molecule has 2 fully saturated rings. The van der Waals surface area contributed by atoms with Gasteiger partial charge in [0.1, 0.15) is 0 Å². The molecule has 0 aromatic carbocycles. The number of nitrogens with zero attached hydrogens (tertiary/aromatic N) is 3. The monoisotopic (exact) mass is 331 g/mol. The number of anilines is 1. The predicted molar refractivity (Wildman–Crippen MR) is 79.6 cm³/mol. The van der Waals surface area contributed by atoms with E-state index in [1.54, 1.807) is 11.3 Å². The smallest absolute Gasteiger partial charge is 0.253 e. The van der Waals surface area contributed by atoms with Crippen molar-refractivity contribution in [3.63, 3.8) is 0 Å². The van der Waals surface area contributed by atoms with E-state index in [1.165, 1.54) is 4.90 Å². The molecule has 22 heavy (non-hydrogen) atoms. The van der Waals surface area contributed by atoms with Gasteiger partial charge < -0.3 is 14.5 Å². The van der Waals surface area contributed by atoms with Crippen LogP contribution in [0.1, 0.15) is 18.5 Å². The van der Waals surface area contributed by atoms with Crippen molar-refractivity contribution in [1.82, 2.24) is 9.88 Å². The highest BCUT2D eigenvalue weighted by Crippen LogP contribution is 2.29. The summed E-state index contributed by atoms with van der Waals surface area (Å²) in [5, 5.41) is 2.85. The second-order valence-electron chi connectivity index (χ2n) is 5.76. The average Bonchev–Trinajstić information content (AvgIpc) is 2.93. The molecule has 5 nitrogen and oxygen atoms in total. The molecule has 0 N–H and O–H groups in total. The number of likely N-dealkylation sites (tertiary alicyclic amines) is 1. The summed E-state index contributed by atoms with van der Waals surface area (Å²) >= 11 is 1.54. The van der Waals surface area contributed by atoms with Gasteiger partial charge in [0.2, 0.25) is 0 Å². The van der Waals surface area contributed by atoms with Crippen molar-refractivity contribution in [1.29, 1.82) is 0 Å². The Bertz CT molecular complexity index is 542. The van der Waals surface area contributed by atoms with Crippen molar-refractivity contribution in [3.8, 4) is 0 Å². The number of hydrogen-bond acceptors (Lipinski definition) is 5. The Morgan fingerprint density at radius 1 is 1.41 bits per heavy atom. The summed E-state index contributed by atoms with van der Waals surface area (Å²) in [7, 11) is 0. The van der Waals surface area contributed by atoms with Gasteiger partial charge in [0, 0.05) is 37.9 Å². The van der Waals surface area contributed by atoms with E-state index in [4.69, 9.17) is 4.74 Å². The van der Waals surface area contributed by atoms with Gasteiger partial charge in [-0.1, -0.05) is 0 Å². The summed E-state index contributed by atoms with van der Waals surface area (Å²) in [4.78, 5) is 20.4. The van der Waals surface area contributed by atoms with Crippen molar-refractivity contribution >= 4 is 22.4 Å². The van der Waals surface area contributed by atoms with Crippen LogP contribution in [0.3, 0.4) is 0 Å². The van der Waals surface area contributed by atoms with E-state index in [0.717, 1.165) is 10.8 Å². The van der Waals surface area contributed by atoms with Crippen LogP contribution < -0.4 is 4.90 Å². The van der Waals surface area contributed by atoms with Crippen molar-refractivity contribution < 1.29 is 18.3 Å². The molecule has 8 heteroatoms. The summed E-state index contributed by atoms with van der Waals surface area (Å²) in [5.41, 5.74) is 0.952. The van der Waals surface area contributed by atoms with Gasteiger partial charge in [-0.05, 0) is 6.92 Å². The number of aromatic nitrogens is 1. The van der Waals surface area contributed by atoms with Crippen molar-refractivity contribution in [2.45, 2.75) is 31.8 Å². The maximum atomic E-state index is 13.2. The van der Waals surface area contributed by atoms with Crippen LogP contribution in [0, 0.1) is 6.92 Å². The molecule has 0 spiro atoms. The summed E-state index contributed by atoms with van der Waals surface area (Å²) < 4.78 is 31.9. The highest BCUT2D eigenvalue weighted by Gasteiger charge is 2.38. The quantitative estimate of drug-likeness (QED) is 0.831. The lowest BCUT2D eigenvalue weighted by Gasteiger charge is -2.37. The average molecular weight is 331 g/mol. The second kappa shape index (κ2) is 6.08. The van der Waals surface area contributed by atoms with Crippen LogP contribution in [0.5, 0.6) is 0 Å². The topological polar surface area (TPSA) is 45.7 Å². The number of hydrogen-bond donors (Lipinski definition) is 0. The first-order chi connectivity index (χ1) is 10.4. The zero-order chi connectivity index (χ0) is 15.7. The van der Waals surface area contributed by atoms with Crippen LogP contribution in [0.4, 0.5) is 13.9 Å². The molecule has 2 aliphatic rings. The maximum absolute atomic E-state index is 13.2. The van der Waals surface area contributed by atoms with Gasteiger partial charge in [0.05, 0.1) is 18.8 Å². The number of rotatable bonds is 2. The van der Waals surface area contributed by atoms with Crippen molar-refractivity contribution in [2.75, 3.05) is 37.7 Å². The fourth-order valence-electron chi connectivity index (χ4n) is 2.72. The summed E-state index contributed by atoms with van der Waals surface area (Å²) in [5.74, 6) is -2.83. The number of carbonyl (C=O) groups excluding carboxylic acids is 1. The minimum absolute atomic E-state index is 0.0993. The lowest BCUT2D eigenvalue weighted by atomic mass is 10.1. The van der Waals surface area contributed by atoms with Gasteiger partial charge in [0.25, 0.3) is 11.8 Å². The number of amides is 1. The van der Waals surface area contributed by atoms with E-state index in [-0.39, 0.29) is 31.8 Å². The normalized spacial score (nSPS) is 25.3. The summed E-state index contributed by atoms with van der Waals surface area (Å²) in [6.45, 7) is 3.69. The lowest BCUT2D eigenvalue weighted by molar-refractivity contribution is -0.150. The van der Waals surface area contributed by atoms with Crippen molar-refractivity contribution in [2.24, 2.45) is 0 Å². The number of piperidine rings is 1. The standard InChI is InChI=1S/C14H19F2N3O2S/c1-10-9-22-13(17-10)19-6-7-21-11(8-19)12(20)18-4-2-14(15,16)3-5-18/h9,11H,2-8H2,1H3. The number of alkyl halides is 2. The van der Waals surface area contributed by atoms with Crippen LogP contribution in [0.25, 0.3) is 0 Å². The Kier molecular flexibility index (Phi) is 4.31. The second-order valence-corrected chi connectivity index (χ2v) is 6.59. The van der Waals surface area contributed by atoms with Crippen LogP contribution in [-0.4, -0.2) is 60.6 Å². The number of aryl methyl sites for hydroxylation is 1. The Morgan fingerprint density at radius 3 is 2.77 bits per heavy atom. The Labute approximate surface area is 131 Å². The fourth-order valence-corrected chi connectivity index (χ4v) is 3.56. The van der Waals surface area contributed by atoms with Gasteiger partial charge in [0.15, 0.2) is 11.2 Å². The Balaban J connectivity index is 1.61. The van der Waals surface area contributed by atoms with E-state index in [0.29, 0.717) is 19.7 Å². The third kappa shape index (κ3) is 3.38. The SMILES string of the molecule is Cc1csc(N2CCOC(C(=O)N3CCC(F)(F)CC3)C2)n1. The van der Waals surface area contributed by atoms with Gasteiger partial charge >= 0.3 is 0 Å². The maximum Gasteiger partial charge on any atom is 0.253 e. The predicted octanol–water partition coefficient (Wildman–Crippen LogP) is 1.91. The lowest BCUT2D eigenvalue weighted by Crippen LogP contribution is -2.53. The first-order valence-electron chi connectivity index (χ1n) is 7.40. The molecule has 0 radical (unpaired) electrons. The minimum Gasteiger partial charge on any atom is -0.365 e. The molecule has 2 saturated heterocycles. The van der Waals surface area contributed by atoms with E-state index < -0.39 is 12.0 Å². The summed E-state index contributed by atoms with van der Waals surface area (Å²) in [6, 6.07) is 0. The molecule has 1 amide bonds. The van der Waals surface area contributed by atoms with E-state index in [1.807, 2.05) is 17.2 Å². The number of carbonyl (C=O) groups is 1. The first kappa shape index (κ1) is 15.6. The largest absolute Gasteiger partial charge is 0.365 e. The molecular weight excluding hydrogens is 312 g/mol. The van der Waals surface area contributed by atoms with E-state index in [2.05, 4.69) is 4.98 Å². The Hall–Kier alpha value is -1.28. The van der Waals surface area contributed by atoms with Gasteiger partial charge in [-0.3, -0.25) is 4.79 Å². The highest BCUT2D eigenvalue weighted by atomic mass is 32.1. The minimum atomic E-state index is -2.64. The molecule has 1 aromatic heterocycles. The zero-order valence-electron chi connectivity index (χ0n) is 12.4. The molecule has 1 unspecified atom stereocenters. The van der Waals surface area contributed by atoms with Crippen molar-refractivity contribution in [3.05, 3.63) is 11.1 Å². The molecule has 2 aliphatic heterocycles. The molecule has 0 bridgehead atoms. The number of halogens is 2. The fraction of sp³-hybridized carbons (Fsp3) is 0.714.